The quantitative estimate of drug-likeness (QED) is 0.610. The van der Waals surface area contributed by atoms with Crippen LogP contribution in [0.5, 0.6) is 0 Å². The lowest BCUT2D eigenvalue weighted by Crippen LogP contribution is -2.49. The molecule has 0 fully saturated rings. The zero-order valence-corrected chi connectivity index (χ0v) is 15.2. The number of rotatable bonds is 5. The van der Waals surface area contributed by atoms with Crippen LogP contribution in [0.2, 0.25) is 5.02 Å². The van der Waals surface area contributed by atoms with E-state index in [-0.39, 0.29) is 12.6 Å². The van der Waals surface area contributed by atoms with Crippen LogP contribution in [-0.2, 0) is 9.53 Å². The molecule has 0 saturated heterocycles. The number of oxazole rings is 1. The number of thioether (sulfide) groups is 1. The number of ether oxygens (including phenoxy) is 1. The maximum Gasteiger partial charge on any atom is 0.337 e. The molecule has 1 aliphatic heterocycles. The van der Waals surface area contributed by atoms with E-state index in [4.69, 9.17) is 20.8 Å². The fourth-order valence-corrected chi connectivity index (χ4v) is 3.44. The molecule has 1 unspecified atom stereocenters. The van der Waals surface area contributed by atoms with Gasteiger partial charge in [-0.2, -0.15) is 0 Å². The normalized spacial score (nSPS) is 17.4. The second-order valence-corrected chi connectivity index (χ2v) is 6.68. The highest BCUT2D eigenvalue weighted by Gasteiger charge is 2.29. The van der Waals surface area contributed by atoms with Crippen molar-refractivity contribution in [2.75, 3.05) is 12.4 Å². The Labute approximate surface area is 153 Å². The molecule has 2 heterocycles. The number of fused-ring (bicyclic) bond motifs is 1. The molecule has 2 aromatic rings. The van der Waals surface area contributed by atoms with Gasteiger partial charge in [-0.25, -0.2) is 14.6 Å². The van der Waals surface area contributed by atoms with Gasteiger partial charge >= 0.3 is 12.0 Å². The highest BCUT2D eigenvalue weighted by atomic mass is 35.5. The minimum atomic E-state index is -0.456. The predicted octanol–water partition coefficient (Wildman–Crippen LogP) is 3.09. The molecule has 0 bridgehead atoms. The van der Waals surface area contributed by atoms with Crippen LogP contribution in [0.3, 0.4) is 0 Å². The fourth-order valence-electron chi connectivity index (χ4n) is 2.47. The average Bonchev–Trinajstić information content (AvgIpc) is 2.94. The molecule has 2 N–H and O–H groups in total. The lowest BCUT2D eigenvalue weighted by Gasteiger charge is -2.26. The summed E-state index contributed by atoms with van der Waals surface area (Å²) in [5, 5.41) is 6.31. The molecule has 1 aromatic heterocycles. The second-order valence-electron chi connectivity index (χ2n) is 5.31. The molecule has 0 spiro atoms. The third-order valence-electron chi connectivity index (χ3n) is 3.54. The minimum Gasteiger partial charge on any atom is -0.463 e. The Hall–Kier alpha value is -2.19. The number of hydrogen-bond acceptors (Lipinski definition) is 6. The Kier molecular flexibility index (Phi) is 5.19. The van der Waals surface area contributed by atoms with Crippen molar-refractivity contribution in [2.45, 2.75) is 25.1 Å². The summed E-state index contributed by atoms with van der Waals surface area (Å²) < 4.78 is 10.7. The maximum atomic E-state index is 12.2. The van der Waals surface area contributed by atoms with E-state index in [0.717, 1.165) is 0 Å². The topological polar surface area (TPSA) is 93.5 Å². The van der Waals surface area contributed by atoms with Crippen LogP contribution < -0.4 is 10.6 Å². The molecule has 9 heteroatoms. The number of esters is 1. The molecular formula is C16H16ClN3O4S. The first-order valence-corrected chi connectivity index (χ1v) is 9.01. The van der Waals surface area contributed by atoms with Gasteiger partial charge in [0.2, 0.25) is 0 Å². The molecule has 1 atom stereocenters. The largest absolute Gasteiger partial charge is 0.463 e. The van der Waals surface area contributed by atoms with Gasteiger partial charge in [-0.05, 0) is 26.0 Å². The number of carbonyl (C=O) groups excluding carboxylic acids is 2. The predicted molar refractivity (Wildman–Crippen MR) is 94.5 cm³/mol. The summed E-state index contributed by atoms with van der Waals surface area (Å²) in [5.41, 5.74) is 2.15. The van der Waals surface area contributed by atoms with Crippen molar-refractivity contribution in [3.8, 4) is 0 Å². The third kappa shape index (κ3) is 3.91. The molecular weight excluding hydrogens is 366 g/mol. The van der Waals surface area contributed by atoms with Crippen molar-refractivity contribution in [3.63, 3.8) is 0 Å². The van der Waals surface area contributed by atoms with Gasteiger partial charge in [-0.3, -0.25) is 0 Å². The van der Waals surface area contributed by atoms with Gasteiger partial charge < -0.3 is 19.8 Å². The van der Waals surface area contributed by atoms with Crippen molar-refractivity contribution in [3.05, 3.63) is 34.5 Å². The number of halogens is 1. The van der Waals surface area contributed by atoms with E-state index < -0.39 is 12.0 Å². The first kappa shape index (κ1) is 17.6. The molecule has 1 aromatic carbocycles. The zero-order valence-electron chi connectivity index (χ0n) is 13.6. The Morgan fingerprint density at radius 3 is 3.04 bits per heavy atom. The smallest absolute Gasteiger partial charge is 0.337 e. The van der Waals surface area contributed by atoms with Crippen LogP contribution in [0.4, 0.5) is 4.79 Å². The van der Waals surface area contributed by atoms with Crippen LogP contribution in [0, 0.1) is 0 Å². The Bertz CT molecular complexity index is 864. The van der Waals surface area contributed by atoms with Gasteiger partial charge in [0.15, 0.2) is 5.58 Å². The number of nitrogens with zero attached hydrogens (tertiary/aromatic N) is 1. The highest BCUT2D eigenvalue weighted by Crippen LogP contribution is 2.28. The molecule has 2 amide bonds. The van der Waals surface area contributed by atoms with Crippen molar-refractivity contribution in [1.82, 2.24) is 15.6 Å². The Morgan fingerprint density at radius 2 is 2.28 bits per heavy atom. The van der Waals surface area contributed by atoms with E-state index in [0.29, 0.717) is 38.4 Å². The van der Waals surface area contributed by atoms with Crippen LogP contribution >= 0.6 is 23.4 Å². The standard InChI is InChI=1S/C16H16ClN3O4S/c1-3-23-14(21)13-8(2)18-15(22)19-11(13)7-25-16-20-10-5-4-9(17)6-12(10)24-16/h4-6,8H,3,7H2,1-2H3,(H2,18,19,22). The molecule has 1 aliphatic rings. The van der Waals surface area contributed by atoms with Crippen molar-refractivity contribution in [2.24, 2.45) is 0 Å². The monoisotopic (exact) mass is 381 g/mol. The van der Waals surface area contributed by atoms with E-state index in [2.05, 4.69) is 15.6 Å². The first-order chi connectivity index (χ1) is 12.0. The van der Waals surface area contributed by atoms with E-state index in [9.17, 15) is 9.59 Å². The van der Waals surface area contributed by atoms with Gasteiger partial charge in [0.1, 0.15) is 5.52 Å². The molecule has 25 heavy (non-hydrogen) atoms. The van der Waals surface area contributed by atoms with Gasteiger partial charge in [0.25, 0.3) is 5.22 Å². The van der Waals surface area contributed by atoms with Gasteiger partial charge in [0, 0.05) is 22.5 Å². The van der Waals surface area contributed by atoms with Crippen LogP contribution in [0.1, 0.15) is 13.8 Å². The summed E-state index contributed by atoms with van der Waals surface area (Å²) in [6.07, 6.45) is 0. The van der Waals surface area contributed by atoms with Crippen LogP contribution in [0.15, 0.2) is 39.1 Å². The number of hydrogen-bond donors (Lipinski definition) is 2. The summed E-state index contributed by atoms with van der Waals surface area (Å²) in [5.74, 6) is -0.144. The fraction of sp³-hybridized carbons (Fsp3) is 0.312. The highest BCUT2D eigenvalue weighted by molar-refractivity contribution is 7.99. The Morgan fingerprint density at radius 1 is 1.48 bits per heavy atom. The molecule has 7 nitrogen and oxygen atoms in total. The number of amides is 2. The van der Waals surface area contributed by atoms with E-state index in [1.807, 2.05) is 0 Å². The van der Waals surface area contributed by atoms with Gasteiger partial charge in [-0.1, -0.05) is 23.4 Å². The number of aromatic nitrogens is 1. The van der Waals surface area contributed by atoms with Crippen molar-refractivity contribution in [1.29, 1.82) is 0 Å². The SMILES string of the molecule is CCOC(=O)C1=C(CSc2nc3ccc(Cl)cc3o2)NC(=O)NC1C. The maximum absolute atomic E-state index is 12.2. The molecule has 0 radical (unpaired) electrons. The van der Waals surface area contributed by atoms with Crippen LogP contribution in [0.25, 0.3) is 11.1 Å². The van der Waals surface area contributed by atoms with Crippen molar-refractivity contribution < 1.29 is 18.7 Å². The van der Waals surface area contributed by atoms with E-state index >= 15 is 0 Å². The molecule has 3 rings (SSSR count). The third-order valence-corrected chi connectivity index (χ3v) is 4.63. The second kappa shape index (κ2) is 7.37. The summed E-state index contributed by atoms with van der Waals surface area (Å²) in [7, 11) is 0. The summed E-state index contributed by atoms with van der Waals surface area (Å²) in [6, 6.07) is 4.39. The zero-order chi connectivity index (χ0) is 18.0. The minimum absolute atomic E-state index is 0.259. The van der Waals surface area contributed by atoms with E-state index in [1.54, 1.807) is 32.0 Å². The van der Waals surface area contributed by atoms with Gasteiger partial charge in [0.05, 0.1) is 18.2 Å². The van der Waals surface area contributed by atoms with Gasteiger partial charge in [-0.15, -0.1) is 0 Å². The van der Waals surface area contributed by atoms with Crippen molar-refractivity contribution >= 4 is 46.5 Å². The Balaban J connectivity index is 1.82. The first-order valence-electron chi connectivity index (χ1n) is 7.64. The van der Waals surface area contributed by atoms with E-state index in [1.165, 1.54) is 11.8 Å². The number of nitrogens with one attached hydrogen (secondary N) is 2. The number of carbonyl (C=O) groups is 2. The molecule has 132 valence electrons. The number of urea groups is 1. The lowest BCUT2D eigenvalue weighted by molar-refractivity contribution is -0.138. The summed E-state index contributed by atoms with van der Waals surface area (Å²) in [4.78, 5) is 28.3. The summed E-state index contributed by atoms with van der Waals surface area (Å²) in [6.45, 7) is 3.72. The summed E-state index contributed by atoms with van der Waals surface area (Å²) >= 11 is 7.21. The molecule has 0 aliphatic carbocycles. The molecule has 0 saturated carbocycles. The number of benzene rings is 1. The average molecular weight is 382 g/mol. The van der Waals surface area contributed by atoms with Crippen LogP contribution in [-0.4, -0.2) is 35.4 Å². The lowest BCUT2D eigenvalue weighted by atomic mass is 10.1.